The Hall–Kier alpha value is -1.29. The standard InChI is InChI=1S/C15H24N2O2/c1-3-8-16-15(12-5-6-12)13-7-9-17(10-13)11-14(18)19-4-2/h7,9-10,12,15-16H,3-6,8,11H2,1-2H3. The van der Waals surface area contributed by atoms with E-state index in [1.165, 1.54) is 18.4 Å². The molecular formula is C15H24N2O2. The lowest BCUT2D eigenvalue weighted by atomic mass is 10.1. The second-order valence-corrected chi connectivity index (χ2v) is 5.19. The largest absolute Gasteiger partial charge is 0.465 e. The van der Waals surface area contributed by atoms with E-state index >= 15 is 0 Å². The van der Waals surface area contributed by atoms with Crippen molar-refractivity contribution in [2.75, 3.05) is 13.2 Å². The quantitative estimate of drug-likeness (QED) is 0.734. The van der Waals surface area contributed by atoms with Crippen molar-refractivity contribution in [3.8, 4) is 0 Å². The summed E-state index contributed by atoms with van der Waals surface area (Å²) in [6.45, 7) is 5.80. The van der Waals surface area contributed by atoms with Crippen LogP contribution in [-0.4, -0.2) is 23.7 Å². The van der Waals surface area contributed by atoms with Gasteiger partial charge in [-0.3, -0.25) is 4.79 Å². The molecule has 1 N–H and O–H groups in total. The van der Waals surface area contributed by atoms with E-state index < -0.39 is 0 Å². The number of carbonyl (C=O) groups excluding carboxylic acids is 1. The van der Waals surface area contributed by atoms with Crippen molar-refractivity contribution < 1.29 is 9.53 Å². The summed E-state index contributed by atoms with van der Waals surface area (Å²) < 4.78 is 6.88. The molecule has 1 aromatic heterocycles. The van der Waals surface area contributed by atoms with Gasteiger partial charge in [0.25, 0.3) is 0 Å². The molecule has 0 saturated heterocycles. The number of carbonyl (C=O) groups is 1. The van der Waals surface area contributed by atoms with Crippen LogP contribution >= 0.6 is 0 Å². The smallest absolute Gasteiger partial charge is 0.325 e. The fourth-order valence-corrected chi connectivity index (χ4v) is 2.38. The van der Waals surface area contributed by atoms with Gasteiger partial charge < -0.3 is 14.6 Å². The molecule has 0 amide bonds. The van der Waals surface area contributed by atoms with Crippen LogP contribution < -0.4 is 5.32 Å². The third-order valence-electron chi connectivity index (χ3n) is 3.46. The number of nitrogens with one attached hydrogen (secondary N) is 1. The Morgan fingerprint density at radius 3 is 2.95 bits per heavy atom. The van der Waals surface area contributed by atoms with Gasteiger partial charge in [-0.05, 0) is 50.3 Å². The van der Waals surface area contributed by atoms with E-state index in [1.807, 2.05) is 17.7 Å². The van der Waals surface area contributed by atoms with Gasteiger partial charge in [-0.1, -0.05) is 6.92 Å². The lowest BCUT2D eigenvalue weighted by Gasteiger charge is -2.16. The summed E-state index contributed by atoms with van der Waals surface area (Å²) in [7, 11) is 0. The summed E-state index contributed by atoms with van der Waals surface area (Å²) in [6, 6.07) is 2.56. The lowest BCUT2D eigenvalue weighted by Crippen LogP contribution is -2.23. The molecule has 0 radical (unpaired) electrons. The van der Waals surface area contributed by atoms with E-state index in [1.54, 1.807) is 0 Å². The average molecular weight is 264 g/mol. The van der Waals surface area contributed by atoms with Crippen molar-refractivity contribution in [1.82, 2.24) is 9.88 Å². The van der Waals surface area contributed by atoms with Gasteiger partial charge in [-0.25, -0.2) is 0 Å². The molecule has 0 aliphatic heterocycles. The van der Waals surface area contributed by atoms with Gasteiger partial charge in [0, 0.05) is 18.4 Å². The van der Waals surface area contributed by atoms with Crippen LogP contribution in [-0.2, 0) is 16.1 Å². The van der Waals surface area contributed by atoms with Gasteiger partial charge >= 0.3 is 5.97 Å². The summed E-state index contributed by atoms with van der Waals surface area (Å²) >= 11 is 0. The van der Waals surface area contributed by atoms with Crippen molar-refractivity contribution in [1.29, 1.82) is 0 Å². The molecule has 0 aromatic carbocycles. The molecule has 1 aliphatic rings. The Labute approximate surface area is 115 Å². The Morgan fingerprint density at radius 2 is 2.32 bits per heavy atom. The zero-order valence-electron chi connectivity index (χ0n) is 11.9. The highest BCUT2D eigenvalue weighted by Gasteiger charge is 2.32. The summed E-state index contributed by atoms with van der Waals surface area (Å²) in [5.74, 6) is 0.596. The molecule has 1 aromatic rings. The predicted octanol–water partition coefficient (Wildman–Crippen LogP) is 2.50. The molecule has 106 valence electrons. The minimum Gasteiger partial charge on any atom is -0.465 e. The van der Waals surface area contributed by atoms with Crippen molar-refractivity contribution in [3.63, 3.8) is 0 Å². The van der Waals surface area contributed by atoms with Gasteiger partial charge in [0.15, 0.2) is 0 Å². The Morgan fingerprint density at radius 1 is 1.53 bits per heavy atom. The number of ether oxygens (including phenoxy) is 1. The van der Waals surface area contributed by atoms with E-state index in [9.17, 15) is 4.79 Å². The maximum absolute atomic E-state index is 11.5. The minimum atomic E-state index is -0.172. The van der Waals surface area contributed by atoms with Gasteiger partial charge in [0.1, 0.15) is 6.54 Å². The number of hydrogen-bond donors (Lipinski definition) is 1. The van der Waals surface area contributed by atoms with Crippen molar-refractivity contribution >= 4 is 5.97 Å². The molecule has 1 aliphatic carbocycles. The van der Waals surface area contributed by atoms with Crippen LogP contribution in [0.5, 0.6) is 0 Å². The first kappa shape index (κ1) is 14.1. The fourth-order valence-electron chi connectivity index (χ4n) is 2.38. The van der Waals surface area contributed by atoms with E-state index in [4.69, 9.17) is 4.74 Å². The number of rotatable bonds is 8. The zero-order chi connectivity index (χ0) is 13.7. The number of esters is 1. The molecule has 1 unspecified atom stereocenters. The van der Waals surface area contributed by atoms with E-state index in [0.717, 1.165) is 18.9 Å². The molecule has 0 spiro atoms. The molecule has 1 heterocycles. The van der Waals surface area contributed by atoms with Crippen LogP contribution in [0.15, 0.2) is 18.5 Å². The summed E-state index contributed by atoms with van der Waals surface area (Å²) in [5.41, 5.74) is 1.29. The van der Waals surface area contributed by atoms with Crippen LogP contribution in [0.3, 0.4) is 0 Å². The second kappa shape index (κ2) is 6.75. The average Bonchev–Trinajstić information content (AvgIpc) is 3.11. The highest BCUT2D eigenvalue weighted by molar-refractivity contribution is 5.69. The molecule has 1 atom stereocenters. The molecule has 1 saturated carbocycles. The predicted molar refractivity (Wildman–Crippen MR) is 74.8 cm³/mol. The van der Waals surface area contributed by atoms with E-state index in [-0.39, 0.29) is 5.97 Å². The number of nitrogens with zero attached hydrogens (tertiary/aromatic N) is 1. The first-order chi connectivity index (χ1) is 9.24. The molecule has 4 heteroatoms. The Kier molecular flexibility index (Phi) is 5.02. The third-order valence-corrected chi connectivity index (χ3v) is 3.46. The SMILES string of the molecule is CCCNC(c1ccn(CC(=O)OCC)c1)C1CC1. The maximum atomic E-state index is 11.5. The Bertz CT molecular complexity index is 410. The van der Waals surface area contributed by atoms with Gasteiger partial charge in [-0.2, -0.15) is 0 Å². The molecule has 2 rings (SSSR count). The monoisotopic (exact) mass is 264 g/mol. The van der Waals surface area contributed by atoms with Crippen LogP contribution in [0.2, 0.25) is 0 Å². The van der Waals surface area contributed by atoms with Gasteiger partial charge in [-0.15, -0.1) is 0 Å². The lowest BCUT2D eigenvalue weighted by molar-refractivity contribution is -0.143. The first-order valence-electron chi connectivity index (χ1n) is 7.29. The van der Waals surface area contributed by atoms with E-state index in [2.05, 4.69) is 24.5 Å². The highest BCUT2D eigenvalue weighted by atomic mass is 16.5. The zero-order valence-corrected chi connectivity index (χ0v) is 11.9. The van der Waals surface area contributed by atoms with Gasteiger partial charge in [0.2, 0.25) is 0 Å². The topological polar surface area (TPSA) is 43.3 Å². The second-order valence-electron chi connectivity index (χ2n) is 5.19. The van der Waals surface area contributed by atoms with E-state index in [0.29, 0.717) is 19.2 Å². The molecular weight excluding hydrogens is 240 g/mol. The van der Waals surface area contributed by atoms with Crippen LogP contribution in [0.1, 0.15) is 44.7 Å². The van der Waals surface area contributed by atoms with Crippen molar-refractivity contribution in [2.24, 2.45) is 5.92 Å². The first-order valence-corrected chi connectivity index (χ1v) is 7.29. The number of hydrogen-bond acceptors (Lipinski definition) is 3. The van der Waals surface area contributed by atoms with Gasteiger partial charge in [0.05, 0.1) is 6.61 Å². The van der Waals surface area contributed by atoms with Crippen molar-refractivity contribution in [3.05, 3.63) is 24.0 Å². The summed E-state index contributed by atoms with van der Waals surface area (Å²) in [6.07, 6.45) is 7.81. The Balaban J connectivity index is 1.95. The molecule has 19 heavy (non-hydrogen) atoms. The molecule has 0 bridgehead atoms. The highest BCUT2D eigenvalue weighted by Crippen LogP contribution is 2.41. The summed E-state index contributed by atoms with van der Waals surface area (Å²) in [4.78, 5) is 11.5. The summed E-state index contributed by atoms with van der Waals surface area (Å²) in [5, 5.41) is 3.61. The maximum Gasteiger partial charge on any atom is 0.325 e. The van der Waals surface area contributed by atoms with Crippen LogP contribution in [0.4, 0.5) is 0 Å². The number of aromatic nitrogens is 1. The normalized spacial score (nSPS) is 16.3. The van der Waals surface area contributed by atoms with Crippen LogP contribution in [0.25, 0.3) is 0 Å². The van der Waals surface area contributed by atoms with Crippen LogP contribution in [0, 0.1) is 5.92 Å². The molecule has 1 fully saturated rings. The third kappa shape index (κ3) is 4.10. The molecule has 4 nitrogen and oxygen atoms in total. The minimum absolute atomic E-state index is 0.172. The fraction of sp³-hybridized carbons (Fsp3) is 0.667. The van der Waals surface area contributed by atoms with Crippen molar-refractivity contribution in [2.45, 2.75) is 45.7 Å².